The van der Waals surface area contributed by atoms with E-state index in [-0.39, 0.29) is 29.6 Å². The fraction of sp³-hybridized carbons (Fsp3) is 0.579. The van der Waals surface area contributed by atoms with Crippen LogP contribution in [0.15, 0.2) is 12.1 Å². The normalized spacial score (nSPS) is 14.6. The number of methoxy groups -OCH3 is 1. The summed E-state index contributed by atoms with van der Waals surface area (Å²) < 4.78 is 15.5. The molecule has 0 N–H and O–H groups in total. The number of ether oxygens (including phenoxy) is 3. The van der Waals surface area contributed by atoms with Gasteiger partial charge in [0, 0.05) is 19.2 Å². The van der Waals surface area contributed by atoms with E-state index in [1.54, 1.807) is 11.8 Å². The molecule has 1 aromatic carbocycles. The third-order valence-electron chi connectivity index (χ3n) is 4.53. The molecule has 0 aliphatic carbocycles. The zero-order valence-corrected chi connectivity index (χ0v) is 16.3. The third-order valence-corrected chi connectivity index (χ3v) is 4.53. The summed E-state index contributed by atoms with van der Waals surface area (Å²) in [7, 11) is 1.37. The highest BCUT2D eigenvalue weighted by molar-refractivity contribution is 5.96. The summed E-state index contributed by atoms with van der Waals surface area (Å²) in [4.78, 5) is 37.1. The van der Waals surface area contributed by atoms with Crippen LogP contribution < -0.4 is 9.47 Å². The zero-order chi connectivity index (χ0) is 20.5. The molecule has 0 aromatic heterocycles. The van der Waals surface area contributed by atoms with Gasteiger partial charge in [-0.3, -0.25) is 14.9 Å². The van der Waals surface area contributed by atoms with E-state index in [2.05, 4.69) is 0 Å². The van der Waals surface area contributed by atoms with Crippen molar-refractivity contribution in [3.63, 3.8) is 0 Å². The second-order valence-electron chi connectivity index (χ2n) is 6.44. The van der Waals surface area contributed by atoms with Crippen molar-refractivity contribution in [3.8, 4) is 11.5 Å². The van der Waals surface area contributed by atoms with Crippen LogP contribution in [-0.2, 0) is 9.53 Å². The average Bonchev–Trinajstić information content (AvgIpc) is 2.65. The van der Waals surface area contributed by atoms with Gasteiger partial charge in [0.05, 0.1) is 24.7 Å². The largest absolute Gasteiger partial charge is 0.493 e. The minimum Gasteiger partial charge on any atom is -0.493 e. The molecule has 2 rings (SSSR count). The van der Waals surface area contributed by atoms with E-state index >= 15 is 0 Å². The summed E-state index contributed by atoms with van der Waals surface area (Å²) in [5.74, 6) is -0.913. The van der Waals surface area contributed by atoms with Crippen LogP contribution >= 0.6 is 0 Å². The van der Waals surface area contributed by atoms with Crippen LogP contribution in [0.5, 0.6) is 11.5 Å². The first kappa shape index (κ1) is 21.5. The molecule has 28 heavy (non-hydrogen) atoms. The second kappa shape index (κ2) is 10.5. The standard InChI is InChI=1S/C19H26N2O7/c1-3-27-17-12-15(21(24)25)14(11-16(17)26-2)19(23)28-13-18(22)20-9-7-5-4-6-8-10-20/h11-12H,3-10,13H2,1-2H3. The molecule has 1 heterocycles. The van der Waals surface area contributed by atoms with E-state index in [0.29, 0.717) is 13.1 Å². The molecule has 1 amide bonds. The summed E-state index contributed by atoms with van der Waals surface area (Å²) >= 11 is 0. The van der Waals surface area contributed by atoms with Crippen molar-refractivity contribution < 1.29 is 28.7 Å². The number of likely N-dealkylation sites (tertiary alicyclic amines) is 1. The number of nitrogens with zero attached hydrogens (tertiary/aromatic N) is 2. The Balaban J connectivity index is 2.11. The van der Waals surface area contributed by atoms with Gasteiger partial charge in [-0.15, -0.1) is 0 Å². The lowest BCUT2D eigenvalue weighted by Crippen LogP contribution is -2.37. The maximum absolute atomic E-state index is 12.4. The molecule has 1 aliphatic rings. The highest BCUT2D eigenvalue weighted by Gasteiger charge is 2.27. The Bertz CT molecular complexity index is 712. The molecule has 0 saturated carbocycles. The molecule has 0 bridgehead atoms. The molecule has 0 unspecified atom stereocenters. The van der Waals surface area contributed by atoms with E-state index in [1.165, 1.54) is 19.6 Å². The monoisotopic (exact) mass is 394 g/mol. The number of hydrogen-bond donors (Lipinski definition) is 0. The van der Waals surface area contributed by atoms with Crippen LogP contribution in [0.1, 0.15) is 49.4 Å². The maximum Gasteiger partial charge on any atom is 0.345 e. The first-order valence-electron chi connectivity index (χ1n) is 9.42. The van der Waals surface area contributed by atoms with Crippen molar-refractivity contribution in [1.82, 2.24) is 4.90 Å². The van der Waals surface area contributed by atoms with E-state index in [9.17, 15) is 19.7 Å². The molecular weight excluding hydrogens is 368 g/mol. The lowest BCUT2D eigenvalue weighted by atomic mass is 10.1. The molecule has 0 atom stereocenters. The molecule has 1 aliphatic heterocycles. The van der Waals surface area contributed by atoms with Gasteiger partial charge in [0.2, 0.25) is 0 Å². The van der Waals surface area contributed by atoms with Gasteiger partial charge in [-0.25, -0.2) is 4.79 Å². The van der Waals surface area contributed by atoms with Crippen molar-refractivity contribution in [2.45, 2.75) is 39.0 Å². The fourth-order valence-corrected chi connectivity index (χ4v) is 3.08. The van der Waals surface area contributed by atoms with Gasteiger partial charge in [-0.05, 0) is 19.8 Å². The van der Waals surface area contributed by atoms with Crippen LogP contribution in [0.4, 0.5) is 5.69 Å². The van der Waals surface area contributed by atoms with Crippen LogP contribution in [0.2, 0.25) is 0 Å². The van der Waals surface area contributed by atoms with Crippen LogP contribution in [0.3, 0.4) is 0 Å². The van der Waals surface area contributed by atoms with Crippen LogP contribution in [0, 0.1) is 10.1 Å². The predicted molar refractivity (Wildman–Crippen MR) is 101 cm³/mol. The Kier molecular flexibility index (Phi) is 8.03. The van der Waals surface area contributed by atoms with Gasteiger partial charge in [-0.1, -0.05) is 19.3 Å². The Morgan fingerprint density at radius 2 is 1.75 bits per heavy atom. The summed E-state index contributed by atoms with van der Waals surface area (Å²) in [6, 6.07) is 2.32. The lowest BCUT2D eigenvalue weighted by molar-refractivity contribution is -0.385. The zero-order valence-electron chi connectivity index (χ0n) is 16.3. The highest BCUT2D eigenvalue weighted by Crippen LogP contribution is 2.35. The van der Waals surface area contributed by atoms with E-state index in [0.717, 1.165) is 31.7 Å². The SMILES string of the molecule is CCOc1cc([N+](=O)[O-])c(C(=O)OCC(=O)N2CCCCCCC2)cc1OC. The lowest BCUT2D eigenvalue weighted by Gasteiger charge is -2.24. The van der Waals surface area contributed by atoms with Crippen molar-refractivity contribution >= 4 is 17.6 Å². The number of carbonyl (C=O) groups is 2. The first-order chi connectivity index (χ1) is 13.5. The second-order valence-corrected chi connectivity index (χ2v) is 6.44. The van der Waals surface area contributed by atoms with Gasteiger partial charge in [0.1, 0.15) is 5.56 Å². The summed E-state index contributed by atoms with van der Waals surface area (Å²) in [5, 5.41) is 11.4. The van der Waals surface area contributed by atoms with E-state index in [4.69, 9.17) is 14.2 Å². The number of nitro benzene ring substituents is 1. The Hall–Kier alpha value is -2.84. The summed E-state index contributed by atoms with van der Waals surface area (Å²) in [5.41, 5.74) is -0.751. The minimum absolute atomic E-state index is 0.157. The molecule has 9 heteroatoms. The smallest absolute Gasteiger partial charge is 0.345 e. The molecule has 1 fully saturated rings. The van der Waals surface area contributed by atoms with Gasteiger partial charge in [0.15, 0.2) is 18.1 Å². The minimum atomic E-state index is -0.951. The maximum atomic E-state index is 12.4. The van der Waals surface area contributed by atoms with Gasteiger partial charge in [-0.2, -0.15) is 0 Å². The fourth-order valence-electron chi connectivity index (χ4n) is 3.08. The Morgan fingerprint density at radius 1 is 1.11 bits per heavy atom. The van der Waals surface area contributed by atoms with E-state index < -0.39 is 23.2 Å². The van der Waals surface area contributed by atoms with Crippen molar-refractivity contribution in [2.24, 2.45) is 0 Å². The van der Waals surface area contributed by atoms with Crippen molar-refractivity contribution in [1.29, 1.82) is 0 Å². The van der Waals surface area contributed by atoms with Crippen molar-refractivity contribution in [2.75, 3.05) is 33.4 Å². The Labute approximate surface area is 163 Å². The molecule has 154 valence electrons. The number of esters is 1. The highest BCUT2D eigenvalue weighted by atomic mass is 16.6. The quantitative estimate of drug-likeness (QED) is 0.397. The molecule has 0 spiro atoms. The molecular formula is C19H26N2O7. The number of hydrogen-bond acceptors (Lipinski definition) is 7. The number of rotatable bonds is 7. The van der Waals surface area contributed by atoms with Gasteiger partial charge < -0.3 is 19.1 Å². The topological polar surface area (TPSA) is 108 Å². The van der Waals surface area contributed by atoms with Gasteiger partial charge >= 0.3 is 5.97 Å². The number of amides is 1. The van der Waals surface area contributed by atoms with Gasteiger partial charge in [0.25, 0.3) is 11.6 Å². The third kappa shape index (κ3) is 5.58. The molecule has 1 aromatic rings. The van der Waals surface area contributed by atoms with E-state index in [1.807, 2.05) is 0 Å². The van der Waals surface area contributed by atoms with Crippen LogP contribution in [0.25, 0.3) is 0 Å². The van der Waals surface area contributed by atoms with Crippen molar-refractivity contribution in [3.05, 3.63) is 27.8 Å². The van der Waals surface area contributed by atoms with Crippen LogP contribution in [-0.4, -0.2) is 55.1 Å². The molecule has 1 saturated heterocycles. The number of nitro groups is 1. The predicted octanol–water partition coefficient (Wildman–Crippen LogP) is 2.95. The molecule has 0 radical (unpaired) electrons. The summed E-state index contributed by atoms with van der Waals surface area (Å²) in [6.45, 7) is 2.82. The summed E-state index contributed by atoms with van der Waals surface area (Å²) in [6.07, 6.45) is 5.15. The number of carbonyl (C=O) groups excluding carboxylic acids is 2. The molecule has 9 nitrogen and oxygen atoms in total. The Morgan fingerprint density at radius 3 is 2.32 bits per heavy atom. The number of benzene rings is 1. The average molecular weight is 394 g/mol. The first-order valence-corrected chi connectivity index (χ1v) is 9.42.